The van der Waals surface area contributed by atoms with Crippen LogP contribution in [0, 0.1) is 20.8 Å². The van der Waals surface area contributed by atoms with E-state index in [0.29, 0.717) is 12.1 Å². The van der Waals surface area contributed by atoms with Crippen molar-refractivity contribution in [3.05, 3.63) is 148 Å². The minimum atomic E-state index is 0.0150. The Morgan fingerprint density at radius 1 is 0.667 bits per heavy atom. The van der Waals surface area contributed by atoms with Gasteiger partial charge in [0.05, 0.1) is 60.4 Å². The molecule has 0 aliphatic heterocycles. The maximum absolute atomic E-state index is 13.0. The van der Waals surface area contributed by atoms with Gasteiger partial charge in [-0.25, -0.2) is 9.97 Å². The van der Waals surface area contributed by atoms with E-state index in [0.717, 1.165) is 78.4 Å². The molecule has 8 aromatic rings. The maximum atomic E-state index is 13.0. The van der Waals surface area contributed by atoms with Crippen molar-refractivity contribution in [2.45, 2.75) is 33.6 Å². The smallest absolute Gasteiger partial charge is 0.186 e. The quantitative estimate of drug-likeness (QED) is 0.130. The Kier molecular flexibility index (Phi) is 10.2. The zero-order chi connectivity index (χ0) is 37.9. The van der Waals surface area contributed by atoms with Crippen LogP contribution in [0.4, 0.5) is 0 Å². The van der Waals surface area contributed by atoms with Crippen LogP contribution in [0.2, 0.25) is 0 Å². The van der Waals surface area contributed by atoms with E-state index in [1.807, 2.05) is 138 Å². The van der Waals surface area contributed by atoms with Gasteiger partial charge in [-0.2, -0.15) is 5.10 Å². The van der Waals surface area contributed by atoms with Crippen LogP contribution in [-0.4, -0.2) is 54.3 Å². The number of imidazole rings is 2. The summed E-state index contributed by atoms with van der Waals surface area (Å²) < 4.78 is 16.2. The zero-order valence-electron chi connectivity index (χ0n) is 31.0. The number of aromatic nitrogens is 6. The highest BCUT2D eigenvalue weighted by atomic mass is 32.1. The second kappa shape index (κ2) is 15.3. The Balaban J connectivity index is 0.000000167. The second-order valence-corrected chi connectivity index (χ2v) is 14.1. The van der Waals surface area contributed by atoms with Crippen molar-refractivity contribution in [2.24, 2.45) is 7.05 Å². The lowest BCUT2D eigenvalue weighted by molar-refractivity contribution is 0.0978. The fourth-order valence-electron chi connectivity index (χ4n) is 6.49. The number of ether oxygens (including phenoxy) is 2. The minimum Gasteiger partial charge on any atom is -0.497 e. The first-order chi connectivity index (χ1) is 26.1. The number of rotatable bonds is 10. The molecule has 0 saturated heterocycles. The summed E-state index contributed by atoms with van der Waals surface area (Å²) in [4.78, 5) is 36.1. The molecule has 0 amide bonds. The molecule has 10 nitrogen and oxygen atoms in total. The van der Waals surface area contributed by atoms with Crippen LogP contribution in [-0.2, 0) is 19.9 Å². The lowest BCUT2D eigenvalue weighted by Crippen LogP contribution is -2.11. The molecule has 0 spiro atoms. The van der Waals surface area contributed by atoms with Gasteiger partial charge in [-0.3, -0.25) is 14.3 Å². The molecular formula is C43H40N6O4S. The molecule has 54 heavy (non-hydrogen) atoms. The second-order valence-electron chi connectivity index (χ2n) is 13.1. The van der Waals surface area contributed by atoms with E-state index in [1.165, 1.54) is 11.3 Å². The van der Waals surface area contributed by atoms with Gasteiger partial charge in [-0.15, -0.1) is 11.3 Å². The van der Waals surface area contributed by atoms with Crippen LogP contribution in [0.3, 0.4) is 0 Å². The molecule has 0 aliphatic rings. The van der Waals surface area contributed by atoms with E-state index < -0.39 is 0 Å². The highest BCUT2D eigenvalue weighted by Crippen LogP contribution is 2.30. The van der Waals surface area contributed by atoms with E-state index in [9.17, 15) is 9.59 Å². The molecule has 0 saturated carbocycles. The van der Waals surface area contributed by atoms with Crippen LogP contribution in [0.25, 0.3) is 33.8 Å². The molecule has 6 aromatic heterocycles. The van der Waals surface area contributed by atoms with Crippen LogP contribution in [0.5, 0.6) is 11.5 Å². The molecule has 0 unspecified atom stereocenters. The number of hydrogen-bond acceptors (Lipinski definition) is 8. The van der Waals surface area contributed by atoms with E-state index in [-0.39, 0.29) is 18.0 Å². The summed E-state index contributed by atoms with van der Waals surface area (Å²) in [6.45, 7) is 5.96. The number of carbonyl (C=O) groups is 2. The van der Waals surface area contributed by atoms with Crippen molar-refractivity contribution in [3.8, 4) is 34.0 Å². The average molecular weight is 737 g/mol. The number of aryl methyl sites for hydroxylation is 4. The van der Waals surface area contributed by atoms with Crippen LogP contribution >= 0.6 is 11.3 Å². The highest BCUT2D eigenvalue weighted by Gasteiger charge is 2.21. The molecule has 0 N–H and O–H groups in total. The number of Topliss-reactive ketones (excluding diaryl/α,β-unsaturated/α-hetero) is 2. The van der Waals surface area contributed by atoms with Gasteiger partial charge >= 0.3 is 0 Å². The van der Waals surface area contributed by atoms with E-state index >= 15 is 0 Å². The van der Waals surface area contributed by atoms with Crippen molar-refractivity contribution in [3.63, 3.8) is 0 Å². The topological polar surface area (TPSA) is 105 Å². The van der Waals surface area contributed by atoms with Gasteiger partial charge in [0, 0.05) is 30.6 Å². The van der Waals surface area contributed by atoms with E-state index in [4.69, 9.17) is 19.4 Å². The van der Waals surface area contributed by atoms with Crippen molar-refractivity contribution in [1.29, 1.82) is 0 Å². The van der Waals surface area contributed by atoms with Crippen molar-refractivity contribution >= 4 is 34.2 Å². The highest BCUT2D eigenvalue weighted by molar-refractivity contribution is 7.12. The normalized spacial score (nSPS) is 11.1. The molecule has 0 bridgehead atoms. The number of pyridine rings is 2. The Morgan fingerprint density at radius 3 is 1.59 bits per heavy atom. The largest absolute Gasteiger partial charge is 0.497 e. The molecular weight excluding hydrogens is 697 g/mol. The van der Waals surface area contributed by atoms with Crippen LogP contribution < -0.4 is 9.47 Å². The van der Waals surface area contributed by atoms with E-state index in [1.54, 1.807) is 25.9 Å². The van der Waals surface area contributed by atoms with Crippen LogP contribution in [0.1, 0.15) is 48.4 Å². The van der Waals surface area contributed by atoms with Gasteiger partial charge in [0.15, 0.2) is 11.6 Å². The number of ketones is 2. The van der Waals surface area contributed by atoms with Crippen molar-refractivity contribution < 1.29 is 19.1 Å². The summed E-state index contributed by atoms with van der Waals surface area (Å²) in [6.07, 6.45) is 4.61. The Hall–Kier alpha value is -6.33. The molecule has 6 heterocycles. The van der Waals surface area contributed by atoms with Gasteiger partial charge in [-0.05, 0) is 110 Å². The fourth-order valence-corrected chi connectivity index (χ4v) is 7.15. The first-order valence-electron chi connectivity index (χ1n) is 17.5. The number of hydrogen-bond donors (Lipinski definition) is 0. The first kappa shape index (κ1) is 36.0. The van der Waals surface area contributed by atoms with Gasteiger partial charge in [0.2, 0.25) is 0 Å². The first-order valence-corrected chi connectivity index (χ1v) is 18.3. The number of benzene rings is 2. The molecule has 0 atom stereocenters. The third-order valence-corrected chi connectivity index (χ3v) is 10.1. The van der Waals surface area contributed by atoms with E-state index in [2.05, 4.69) is 5.10 Å². The summed E-state index contributed by atoms with van der Waals surface area (Å²) in [5, 5.41) is 6.22. The molecule has 272 valence electrons. The molecule has 0 radical (unpaired) electrons. The lowest BCUT2D eigenvalue weighted by atomic mass is 10.1. The third kappa shape index (κ3) is 7.44. The number of nitrogens with zero attached hydrogens (tertiary/aromatic N) is 6. The predicted molar refractivity (Wildman–Crippen MR) is 212 cm³/mol. The summed E-state index contributed by atoms with van der Waals surface area (Å²) in [6, 6.07) is 29.1. The SMILES string of the molecule is COc1ccc(-c2nc3ccc(C)cn3c2CC(=O)c2cc(C)nn2C)cc1.COc1ccc(-c2nc3ccc(C)cn3c2CC(=O)c2cccs2)cc1. The summed E-state index contributed by atoms with van der Waals surface area (Å²) in [7, 11) is 5.08. The molecule has 11 heteroatoms. The zero-order valence-corrected chi connectivity index (χ0v) is 31.8. The molecule has 2 aromatic carbocycles. The summed E-state index contributed by atoms with van der Waals surface area (Å²) in [5.41, 5.74) is 10.7. The summed E-state index contributed by atoms with van der Waals surface area (Å²) in [5.74, 6) is 1.70. The standard InChI is InChI=1S/C22H22N4O2.C21H18N2O2S/c1-14-5-10-21-23-22(16-6-8-17(28-4)9-7-16)19(26(21)13-14)12-20(27)18-11-15(2)24-25(18)3;1-14-5-10-20-22-21(15-6-8-16(25-2)9-7-15)17(23(20)13-14)12-18(24)19-4-3-11-26-19/h5-11,13H,12H2,1-4H3;3-11,13H,12H2,1-2H3. The fraction of sp³-hybridized carbons (Fsp3) is 0.186. The lowest BCUT2D eigenvalue weighted by Gasteiger charge is -2.07. The number of methoxy groups -OCH3 is 2. The Labute approximate surface area is 317 Å². The molecule has 0 fully saturated rings. The monoisotopic (exact) mass is 736 g/mol. The van der Waals surface area contributed by atoms with Crippen molar-refractivity contribution in [1.82, 2.24) is 28.5 Å². The van der Waals surface area contributed by atoms with Gasteiger partial charge in [0.25, 0.3) is 0 Å². The van der Waals surface area contributed by atoms with Gasteiger partial charge in [0.1, 0.15) is 28.5 Å². The minimum absolute atomic E-state index is 0.0150. The Bertz CT molecular complexity index is 2600. The summed E-state index contributed by atoms with van der Waals surface area (Å²) >= 11 is 1.47. The predicted octanol–water partition coefficient (Wildman–Crippen LogP) is 8.59. The third-order valence-electron chi connectivity index (χ3n) is 9.20. The number of fused-ring (bicyclic) bond motifs is 2. The average Bonchev–Trinajstić information content (AvgIpc) is 3.98. The van der Waals surface area contributed by atoms with Crippen LogP contribution in [0.15, 0.2) is 109 Å². The maximum Gasteiger partial charge on any atom is 0.186 e. The molecule has 0 aliphatic carbocycles. The molecule has 8 rings (SSSR count). The number of thiophene rings is 1. The van der Waals surface area contributed by atoms with Gasteiger partial charge < -0.3 is 18.3 Å². The Morgan fingerprint density at radius 2 is 1.17 bits per heavy atom. The number of carbonyl (C=O) groups excluding carboxylic acids is 2. The van der Waals surface area contributed by atoms with Gasteiger partial charge in [-0.1, -0.05) is 18.2 Å². The van der Waals surface area contributed by atoms with Crippen molar-refractivity contribution in [2.75, 3.05) is 14.2 Å².